The van der Waals surface area contributed by atoms with Gasteiger partial charge < -0.3 is 0 Å². The van der Waals surface area contributed by atoms with Gasteiger partial charge in [-0.25, -0.2) is 18.7 Å². The second-order valence-corrected chi connectivity index (χ2v) is 4.15. The van der Waals surface area contributed by atoms with Crippen LogP contribution in [0.1, 0.15) is 5.56 Å². The molecule has 82 valence electrons. The lowest BCUT2D eigenvalue weighted by Gasteiger charge is -2.38. The molecule has 1 fully saturated rings. The lowest BCUT2D eigenvalue weighted by atomic mass is 10.1. The van der Waals surface area contributed by atoms with E-state index in [4.69, 9.17) is 23.2 Å². The smallest absolute Gasteiger partial charge is 0.272 e. The Morgan fingerprint density at radius 1 is 1.40 bits per heavy atom. The fourth-order valence-electron chi connectivity index (χ4n) is 1.43. The largest absolute Gasteiger partial charge is 0.287 e. The molecule has 1 aliphatic heterocycles. The molecule has 0 amide bonds. The molecule has 7 heteroatoms. The van der Waals surface area contributed by atoms with Crippen LogP contribution in [0.2, 0.25) is 10.4 Å². The Morgan fingerprint density at radius 2 is 2.07 bits per heavy atom. The minimum atomic E-state index is -2.57. The van der Waals surface area contributed by atoms with Gasteiger partial charge in [-0.15, -0.1) is 0 Å². The fraction of sp³-hybridized carbons (Fsp3) is 0.500. The topological polar surface area (TPSA) is 29.0 Å². The summed E-state index contributed by atoms with van der Waals surface area (Å²) in [6, 6.07) is 0. The molecule has 0 unspecified atom stereocenters. The number of likely N-dealkylation sites (tertiary alicyclic amines) is 1. The molecule has 0 aliphatic carbocycles. The van der Waals surface area contributed by atoms with Crippen LogP contribution in [0.3, 0.4) is 0 Å². The van der Waals surface area contributed by atoms with Gasteiger partial charge in [0.2, 0.25) is 5.28 Å². The highest BCUT2D eigenvalue weighted by Gasteiger charge is 2.43. The molecule has 0 N–H and O–H groups in total. The summed E-state index contributed by atoms with van der Waals surface area (Å²) in [7, 11) is 0. The third-order valence-electron chi connectivity index (χ3n) is 2.09. The van der Waals surface area contributed by atoms with E-state index in [-0.39, 0.29) is 23.5 Å². The van der Waals surface area contributed by atoms with E-state index in [1.165, 1.54) is 6.20 Å². The van der Waals surface area contributed by atoms with E-state index in [0.717, 1.165) is 0 Å². The van der Waals surface area contributed by atoms with Gasteiger partial charge in [-0.3, -0.25) is 4.90 Å². The fourth-order valence-corrected chi connectivity index (χ4v) is 1.80. The van der Waals surface area contributed by atoms with E-state index < -0.39 is 5.92 Å². The Balaban J connectivity index is 2.00. The Kier molecular flexibility index (Phi) is 2.79. The number of alkyl halides is 2. The van der Waals surface area contributed by atoms with Crippen molar-refractivity contribution < 1.29 is 8.78 Å². The summed E-state index contributed by atoms with van der Waals surface area (Å²) in [5.41, 5.74) is 0.608. The van der Waals surface area contributed by atoms with Crippen LogP contribution >= 0.6 is 23.2 Å². The second-order valence-electron chi connectivity index (χ2n) is 3.46. The first kappa shape index (κ1) is 11.0. The Hall–Kier alpha value is -0.520. The number of nitrogens with zero attached hydrogens (tertiary/aromatic N) is 3. The van der Waals surface area contributed by atoms with Crippen LogP contribution in [0.5, 0.6) is 0 Å². The van der Waals surface area contributed by atoms with Crippen LogP contribution in [0.25, 0.3) is 0 Å². The molecule has 1 aromatic heterocycles. The molecule has 2 heterocycles. The van der Waals surface area contributed by atoms with Crippen LogP contribution < -0.4 is 0 Å². The minimum absolute atomic E-state index is 0.0534. The summed E-state index contributed by atoms with van der Waals surface area (Å²) in [6.07, 6.45) is 1.45. The molecule has 0 saturated carbocycles. The molecular weight excluding hydrogens is 247 g/mol. The number of halogens is 4. The van der Waals surface area contributed by atoms with Crippen molar-refractivity contribution in [2.24, 2.45) is 0 Å². The average molecular weight is 254 g/mol. The summed E-state index contributed by atoms with van der Waals surface area (Å²) in [5.74, 6) is -2.57. The van der Waals surface area contributed by atoms with Crippen molar-refractivity contribution in [3.8, 4) is 0 Å². The summed E-state index contributed by atoms with van der Waals surface area (Å²) < 4.78 is 25.1. The molecule has 0 atom stereocenters. The first-order valence-electron chi connectivity index (χ1n) is 4.23. The molecule has 0 spiro atoms. The lowest BCUT2D eigenvalue weighted by Crippen LogP contribution is -2.55. The highest BCUT2D eigenvalue weighted by Crippen LogP contribution is 2.29. The summed E-state index contributed by atoms with van der Waals surface area (Å²) in [5, 5.41) is 0.267. The first-order chi connectivity index (χ1) is 6.96. The zero-order valence-corrected chi connectivity index (χ0v) is 9.06. The molecule has 1 aliphatic rings. The highest BCUT2D eigenvalue weighted by molar-refractivity contribution is 6.32. The predicted molar refractivity (Wildman–Crippen MR) is 52.3 cm³/mol. The van der Waals surface area contributed by atoms with Crippen molar-refractivity contribution in [1.29, 1.82) is 0 Å². The van der Waals surface area contributed by atoms with Gasteiger partial charge in [-0.1, -0.05) is 11.6 Å². The van der Waals surface area contributed by atoms with Crippen molar-refractivity contribution >= 4 is 23.2 Å². The third-order valence-corrected chi connectivity index (χ3v) is 2.60. The van der Waals surface area contributed by atoms with E-state index >= 15 is 0 Å². The standard InChI is InChI=1S/C8H7Cl2F2N3/c9-6-5(1-13-7(10)14-6)2-15-3-8(11,12)4-15/h1H,2-4H2. The average Bonchev–Trinajstić information content (AvgIpc) is 2.06. The first-order valence-corrected chi connectivity index (χ1v) is 4.99. The van der Waals surface area contributed by atoms with Gasteiger partial charge in [0.1, 0.15) is 5.15 Å². The maximum atomic E-state index is 12.5. The van der Waals surface area contributed by atoms with Gasteiger partial charge in [0.25, 0.3) is 5.92 Å². The molecular formula is C8H7Cl2F2N3. The molecule has 3 nitrogen and oxygen atoms in total. The summed E-state index contributed by atoms with van der Waals surface area (Å²) in [4.78, 5) is 9.04. The van der Waals surface area contributed by atoms with E-state index in [1.54, 1.807) is 4.90 Å². The molecule has 0 radical (unpaired) electrons. The van der Waals surface area contributed by atoms with Crippen molar-refractivity contribution in [2.75, 3.05) is 13.1 Å². The van der Waals surface area contributed by atoms with Gasteiger partial charge in [-0.05, 0) is 11.6 Å². The molecule has 1 saturated heterocycles. The Labute approximate surface area is 95.0 Å². The SMILES string of the molecule is FC1(F)CN(Cc2cnc(Cl)nc2Cl)C1. The van der Waals surface area contributed by atoms with E-state index in [9.17, 15) is 8.78 Å². The maximum absolute atomic E-state index is 12.5. The van der Waals surface area contributed by atoms with Gasteiger partial charge in [-0.2, -0.15) is 0 Å². The monoisotopic (exact) mass is 253 g/mol. The number of aromatic nitrogens is 2. The van der Waals surface area contributed by atoms with E-state index in [2.05, 4.69) is 9.97 Å². The zero-order valence-electron chi connectivity index (χ0n) is 7.55. The number of hydrogen-bond donors (Lipinski definition) is 0. The van der Waals surface area contributed by atoms with E-state index in [1.807, 2.05) is 0 Å². The van der Waals surface area contributed by atoms with Gasteiger partial charge in [0, 0.05) is 18.3 Å². The molecule has 1 aromatic rings. The van der Waals surface area contributed by atoms with Crippen LogP contribution in [0.15, 0.2) is 6.20 Å². The van der Waals surface area contributed by atoms with Gasteiger partial charge in [0.15, 0.2) is 0 Å². The quantitative estimate of drug-likeness (QED) is 0.598. The highest BCUT2D eigenvalue weighted by atomic mass is 35.5. The zero-order chi connectivity index (χ0) is 11.1. The number of rotatable bonds is 2. The second kappa shape index (κ2) is 3.81. The van der Waals surface area contributed by atoms with Crippen molar-refractivity contribution in [1.82, 2.24) is 14.9 Å². The van der Waals surface area contributed by atoms with Crippen LogP contribution in [-0.2, 0) is 6.54 Å². The van der Waals surface area contributed by atoms with Crippen LogP contribution in [0.4, 0.5) is 8.78 Å². The van der Waals surface area contributed by atoms with E-state index in [0.29, 0.717) is 12.1 Å². The van der Waals surface area contributed by atoms with Crippen molar-refractivity contribution in [3.05, 3.63) is 22.2 Å². The lowest BCUT2D eigenvalue weighted by molar-refractivity contribution is -0.133. The molecule has 0 aromatic carbocycles. The van der Waals surface area contributed by atoms with Crippen molar-refractivity contribution in [2.45, 2.75) is 12.5 Å². The third kappa shape index (κ3) is 2.53. The van der Waals surface area contributed by atoms with Crippen LogP contribution in [0, 0.1) is 0 Å². The Morgan fingerprint density at radius 3 is 2.60 bits per heavy atom. The molecule has 0 bridgehead atoms. The van der Waals surface area contributed by atoms with Gasteiger partial charge in [0.05, 0.1) is 13.1 Å². The Bertz CT molecular complexity index is 378. The molecule has 2 rings (SSSR count). The molecule has 15 heavy (non-hydrogen) atoms. The van der Waals surface area contributed by atoms with Gasteiger partial charge >= 0.3 is 0 Å². The summed E-state index contributed by atoms with van der Waals surface area (Å²) >= 11 is 11.3. The normalized spacial score (nSPS) is 20.0. The van der Waals surface area contributed by atoms with Crippen molar-refractivity contribution in [3.63, 3.8) is 0 Å². The van der Waals surface area contributed by atoms with Crippen LogP contribution in [-0.4, -0.2) is 33.9 Å². The minimum Gasteiger partial charge on any atom is -0.287 e. The maximum Gasteiger partial charge on any atom is 0.272 e. The predicted octanol–water partition coefficient (Wildman–Crippen LogP) is 2.23. The number of hydrogen-bond acceptors (Lipinski definition) is 3. The summed E-state index contributed by atoms with van der Waals surface area (Å²) in [6.45, 7) is -0.163.